The molecule has 174 valence electrons. The van der Waals surface area contributed by atoms with Gasteiger partial charge < -0.3 is 10.5 Å². The van der Waals surface area contributed by atoms with Crippen LogP contribution in [0.2, 0.25) is 0 Å². The van der Waals surface area contributed by atoms with E-state index in [1.54, 1.807) is 12.1 Å². The Bertz CT molecular complexity index is 1530. The van der Waals surface area contributed by atoms with Crippen LogP contribution in [0.1, 0.15) is 32.6 Å². The second kappa shape index (κ2) is 8.75. The number of aryl methyl sites for hydroxylation is 4. The van der Waals surface area contributed by atoms with E-state index < -0.39 is 15.9 Å². The maximum atomic E-state index is 13.2. The molecule has 0 aliphatic heterocycles. The average molecular weight is 477 g/mol. The fourth-order valence-corrected chi connectivity index (χ4v) is 4.75. The summed E-state index contributed by atoms with van der Waals surface area (Å²) in [5.41, 5.74) is 9.93. The van der Waals surface area contributed by atoms with E-state index >= 15 is 0 Å². The van der Waals surface area contributed by atoms with E-state index in [1.807, 2.05) is 52.0 Å². The maximum absolute atomic E-state index is 13.2. The van der Waals surface area contributed by atoms with Gasteiger partial charge >= 0.3 is 0 Å². The molecule has 4 aromatic rings. The highest BCUT2D eigenvalue weighted by molar-refractivity contribution is 7.90. The third-order valence-electron chi connectivity index (χ3n) is 5.31. The van der Waals surface area contributed by atoms with Gasteiger partial charge in [-0.2, -0.15) is 8.42 Å². The summed E-state index contributed by atoms with van der Waals surface area (Å²) in [6, 6.07) is 15.2. The van der Waals surface area contributed by atoms with Crippen LogP contribution in [0.3, 0.4) is 0 Å². The number of rotatable bonds is 5. The minimum atomic E-state index is -4.28. The van der Waals surface area contributed by atoms with E-state index in [-0.39, 0.29) is 22.3 Å². The second-order valence-corrected chi connectivity index (χ2v) is 9.78. The fourth-order valence-electron chi connectivity index (χ4n) is 3.80. The molecule has 1 amide bonds. The van der Waals surface area contributed by atoms with Crippen LogP contribution < -0.4 is 15.2 Å². The van der Waals surface area contributed by atoms with Crippen LogP contribution in [0.15, 0.2) is 59.6 Å². The van der Waals surface area contributed by atoms with Gasteiger partial charge in [0, 0.05) is 5.39 Å². The Kier molecular flexibility index (Phi) is 5.97. The molecule has 0 aliphatic carbocycles. The van der Waals surface area contributed by atoms with Crippen molar-refractivity contribution in [3.63, 3.8) is 0 Å². The first-order valence-corrected chi connectivity index (χ1v) is 12.0. The number of nitrogens with two attached hydrogens (primary N) is 1. The Balaban J connectivity index is 1.82. The van der Waals surface area contributed by atoms with Gasteiger partial charge in [0.05, 0.1) is 5.52 Å². The highest BCUT2D eigenvalue weighted by Crippen LogP contribution is 2.33. The van der Waals surface area contributed by atoms with Crippen molar-refractivity contribution < 1.29 is 17.9 Å². The zero-order valence-electron chi connectivity index (χ0n) is 19.2. The monoisotopic (exact) mass is 476 g/mol. The number of sulfonamides is 1. The smallest absolute Gasteiger partial charge is 0.281 e. The van der Waals surface area contributed by atoms with Gasteiger partial charge in [0.1, 0.15) is 17.1 Å². The number of hydrogen-bond acceptors (Lipinski definition) is 7. The standard InChI is InChI=1S/C25H24N4O4S/c1-14-11-16(3)23(17(4)12-14)33-25-19(13-18-8-5-7-15(2)22(18)28-25)24(30)29-34(31,32)21-10-6-9-20(26)27-21/h5-13H,1-4H3,(H2,26,27)(H,29,30). The van der Waals surface area contributed by atoms with Gasteiger partial charge in [-0.15, -0.1) is 0 Å². The van der Waals surface area contributed by atoms with Gasteiger partial charge in [-0.25, -0.2) is 14.7 Å². The fraction of sp³-hybridized carbons (Fsp3) is 0.160. The summed E-state index contributed by atoms with van der Waals surface area (Å²) in [7, 11) is -4.28. The summed E-state index contributed by atoms with van der Waals surface area (Å²) in [5, 5.41) is 0.312. The number of nitrogens with zero attached hydrogens (tertiary/aromatic N) is 2. The second-order valence-electron chi connectivity index (χ2n) is 8.15. The summed E-state index contributed by atoms with van der Waals surface area (Å²) in [4.78, 5) is 21.6. The van der Waals surface area contributed by atoms with Crippen molar-refractivity contribution in [3.05, 3.63) is 82.4 Å². The Morgan fingerprint density at radius 2 is 1.59 bits per heavy atom. The summed E-state index contributed by atoms with van der Waals surface area (Å²) < 4.78 is 33.8. The topological polar surface area (TPSA) is 124 Å². The number of aromatic nitrogens is 2. The van der Waals surface area contributed by atoms with E-state index in [0.717, 1.165) is 22.3 Å². The lowest BCUT2D eigenvalue weighted by molar-refractivity contribution is 0.0978. The molecule has 3 N–H and O–H groups in total. The molecule has 0 spiro atoms. The number of nitrogens with one attached hydrogen (secondary N) is 1. The van der Waals surface area contributed by atoms with Gasteiger partial charge in [0.15, 0.2) is 5.03 Å². The molecule has 4 rings (SSSR count). The number of hydrogen-bond donors (Lipinski definition) is 2. The molecular formula is C25H24N4O4S. The third kappa shape index (κ3) is 4.55. The number of nitrogen functional groups attached to an aromatic ring is 1. The molecule has 9 heteroatoms. The van der Waals surface area contributed by atoms with E-state index in [1.165, 1.54) is 18.2 Å². The number of ether oxygens (including phenoxy) is 1. The van der Waals surface area contributed by atoms with Crippen molar-refractivity contribution in [1.29, 1.82) is 0 Å². The van der Waals surface area contributed by atoms with Crippen molar-refractivity contribution in [2.45, 2.75) is 32.7 Å². The van der Waals surface area contributed by atoms with Crippen molar-refractivity contribution in [2.24, 2.45) is 0 Å². The quantitative estimate of drug-likeness (QED) is 0.438. The summed E-state index contributed by atoms with van der Waals surface area (Å²) >= 11 is 0. The van der Waals surface area contributed by atoms with E-state index in [0.29, 0.717) is 16.7 Å². The number of amides is 1. The van der Waals surface area contributed by atoms with Crippen LogP contribution in [0.25, 0.3) is 10.9 Å². The third-order valence-corrected chi connectivity index (χ3v) is 6.54. The molecule has 0 bridgehead atoms. The molecule has 0 saturated carbocycles. The molecule has 8 nitrogen and oxygen atoms in total. The molecule has 2 aromatic heterocycles. The van der Waals surface area contributed by atoms with Gasteiger partial charge in [0.25, 0.3) is 15.9 Å². The lowest BCUT2D eigenvalue weighted by atomic mass is 10.1. The minimum absolute atomic E-state index is 0.00471. The number of carbonyl (C=O) groups is 1. The Labute approximate surface area is 197 Å². The Morgan fingerprint density at radius 1 is 0.912 bits per heavy atom. The Hall–Kier alpha value is -3.98. The molecule has 0 fully saturated rings. The van der Waals surface area contributed by atoms with Crippen LogP contribution >= 0.6 is 0 Å². The highest BCUT2D eigenvalue weighted by Gasteiger charge is 2.25. The molecule has 34 heavy (non-hydrogen) atoms. The van der Waals surface area contributed by atoms with Crippen LogP contribution in [-0.2, 0) is 10.0 Å². The predicted octanol–water partition coefficient (Wildman–Crippen LogP) is 4.36. The predicted molar refractivity (Wildman–Crippen MR) is 131 cm³/mol. The number of para-hydroxylation sites is 1. The van der Waals surface area contributed by atoms with E-state index in [2.05, 4.69) is 14.7 Å². The van der Waals surface area contributed by atoms with Crippen molar-refractivity contribution in [2.75, 3.05) is 5.73 Å². The number of benzene rings is 2. The summed E-state index contributed by atoms with van der Waals surface area (Å²) in [6.45, 7) is 7.68. The molecule has 0 unspecified atom stereocenters. The lowest BCUT2D eigenvalue weighted by Crippen LogP contribution is -2.31. The first kappa shape index (κ1) is 23.2. The minimum Gasteiger partial charge on any atom is -0.438 e. The van der Waals surface area contributed by atoms with Crippen molar-refractivity contribution in [1.82, 2.24) is 14.7 Å². The van der Waals surface area contributed by atoms with Crippen molar-refractivity contribution in [3.8, 4) is 11.6 Å². The SMILES string of the molecule is Cc1cc(C)c(Oc2nc3c(C)cccc3cc2C(=O)NS(=O)(=O)c2cccc(N)n2)c(C)c1. The summed E-state index contributed by atoms with van der Waals surface area (Å²) in [6.07, 6.45) is 0. The zero-order chi connectivity index (χ0) is 24.6. The number of anilines is 1. The largest absolute Gasteiger partial charge is 0.438 e. The molecule has 0 radical (unpaired) electrons. The van der Waals surface area contributed by atoms with E-state index in [9.17, 15) is 13.2 Å². The molecule has 0 aliphatic rings. The maximum Gasteiger partial charge on any atom is 0.281 e. The average Bonchev–Trinajstić information content (AvgIpc) is 2.76. The molecule has 2 aromatic carbocycles. The van der Waals surface area contributed by atoms with Gasteiger partial charge in [-0.05, 0) is 62.6 Å². The van der Waals surface area contributed by atoms with Gasteiger partial charge in [-0.3, -0.25) is 4.79 Å². The van der Waals surface area contributed by atoms with Crippen molar-refractivity contribution >= 4 is 32.7 Å². The van der Waals surface area contributed by atoms with Crippen LogP contribution in [0.4, 0.5) is 5.82 Å². The lowest BCUT2D eigenvalue weighted by Gasteiger charge is -2.16. The normalized spacial score (nSPS) is 11.4. The number of pyridine rings is 2. The van der Waals surface area contributed by atoms with Gasteiger partial charge in [-0.1, -0.05) is 42.0 Å². The summed E-state index contributed by atoms with van der Waals surface area (Å²) in [5.74, 6) is -0.310. The van der Waals surface area contributed by atoms with Crippen LogP contribution in [0, 0.1) is 27.7 Å². The molecule has 0 atom stereocenters. The highest BCUT2D eigenvalue weighted by atomic mass is 32.2. The van der Waals surface area contributed by atoms with Gasteiger partial charge in [0.2, 0.25) is 5.88 Å². The first-order chi connectivity index (χ1) is 16.0. The van der Waals surface area contributed by atoms with E-state index in [4.69, 9.17) is 10.5 Å². The number of fused-ring (bicyclic) bond motifs is 1. The molecule has 2 heterocycles. The van der Waals surface area contributed by atoms with Crippen LogP contribution in [0.5, 0.6) is 11.6 Å². The zero-order valence-corrected chi connectivity index (χ0v) is 20.0. The Morgan fingerprint density at radius 3 is 2.26 bits per heavy atom. The number of carbonyl (C=O) groups excluding carboxylic acids is 1. The van der Waals surface area contributed by atoms with Crippen LogP contribution in [-0.4, -0.2) is 24.3 Å². The molecule has 0 saturated heterocycles. The first-order valence-electron chi connectivity index (χ1n) is 10.5. The molecular weight excluding hydrogens is 452 g/mol.